The van der Waals surface area contributed by atoms with Crippen LogP contribution in [0, 0.1) is 5.82 Å². The minimum absolute atomic E-state index is 0.0628. The summed E-state index contributed by atoms with van der Waals surface area (Å²) in [6.45, 7) is 4.20. The van der Waals surface area contributed by atoms with Crippen LogP contribution in [0.1, 0.15) is 41.4 Å². The fourth-order valence-electron chi connectivity index (χ4n) is 2.26. The van der Waals surface area contributed by atoms with Gasteiger partial charge in [0.05, 0.1) is 12.1 Å². The van der Waals surface area contributed by atoms with Crippen LogP contribution < -0.4 is 0 Å². The molecular formula is C15H16FNO2. The van der Waals surface area contributed by atoms with Gasteiger partial charge in [-0.15, -0.1) is 0 Å². The molecule has 0 bridgehead atoms. The Morgan fingerprint density at radius 1 is 1.32 bits per heavy atom. The molecule has 19 heavy (non-hydrogen) atoms. The van der Waals surface area contributed by atoms with Gasteiger partial charge in [-0.05, 0) is 18.1 Å². The van der Waals surface area contributed by atoms with Crippen molar-refractivity contribution in [3.8, 4) is 0 Å². The van der Waals surface area contributed by atoms with E-state index in [4.69, 9.17) is 5.11 Å². The summed E-state index contributed by atoms with van der Waals surface area (Å²) in [6.07, 6.45) is 1.70. The molecule has 0 saturated heterocycles. The highest BCUT2D eigenvalue weighted by Crippen LogP contribution is 2.22. The Balaban J connectivity index is 2.41. The van der Waals surface area contributed by atoms with E-state index in [0.29, 0.717) is 12.1 Å². The van der Waals surface area contributed by atoms with E-state index in [2.05, 4.69) is 0 Å². The number of rotatable bonds is 4. The monoisotopic (exact) mass is 261 g/mol. The molecule has 0 radical (unpaired) electrons. The van der Waals surface area contributed by atoms with Crippen LogP contribution in [-0.4, -0.2) is 15.6 Å². The number of hydrogen-bond acceptors (Lipinski definition) is 1. The van der Waals surface area contributed by atoms with Gasteiger partial charge in [0.25, 0.3) is 0 Å². The lowest BCUT2D eigenvalue weighted by Crippen LogP contribution is -2.10. The second-order valence-corrected chi connectivity index (χ2v) is 4.79. The van der Waals surface area contributed by atoms with Crippen molar-refractivity contribution in [1.29, 1.82) is 0 Å². The van der Waals surface area contributed by atoms with Crippen LogP contribution in [0.25, 0.3) is 0 Å². The molecule has 3 nitrogen and oxygen atoms in total. The van der Waals surface area contributed by atoms with Crippen molar-refractivity contribution >= 4 is 5.97 Å². The van der Waals surface area contributed by atoms with Gasteiger partial charge in [-0.2, -0.15) is 0 Å². The number of aromatic carboxylic acids is 1. The highest BCUT2D eigenvalue weighted by Gasteiger charge is 2.18. The number of carbonyl (C=O) groups is 1. The smallest absolute Gasteiger partial charge is 0.337 e. The van der Waals surface area contributed by atoms with Gasteiger partial charge in [-0.3, -0.25) is 0 Å². The molecular weight excluding hydrogens is 245 g/mol. The topological polar surface area (TPSA) is 42.2 Å². The lowest BCUT2D eigenvalue weighted by molar-refractivity contribution is 0.0695. The number of hydrogen-bond donors (Lipinski definition) is 1. The molecule has 1 N–H and O–H groups in total. The average molecular weight is 261 g/mol. The number of aromatic nitrogens is 1. The van der Waals surface area contributed by atoms with E-state index in [1.54, 1.807) is 35.0 Å². The SMILES string of the molecule is CC(C)c1c(C(=O)O)ccn1Cc1ccccc1F. The summed E-state index contributed by atoms with van der Waals surface area (Å²) in [5.74, 6) is -1.16. The molecule has 0 atom stereocenters. The van der Waals surface area contributed by atoms with Crippen molar-refractivity contribution < 1.29 is 14.3 Å². The zero-order valence-corrected chi connectivity index (χ0v) is 10.9. The van der Waals surface area contributed by atoms with Crippen molar-refractivity contribution in [2.75, 3.05) is 0 Å². The molecule has 4 heteroatoms. The standard InChI is InChI=1S/C15H16FNO2/c1-10(2)14-12(15(18)19)7-8-17(14)9-11-5-3-4-6-13(11)16/h3-8,10H,9H2,1-2H3,(H,18,19). The van der Waals surface area contributed by atoms with Gasteiger partial charge in [0, 0.05) is 17.5 Å². The van der Waals surface area contributed by atoms with Crippen molar-refractivity contribution in [2.45, 2.75) is 26.3 Å². The normalized spacial score (nSPS) is 10.9. The van der Waals surface area contributed by atoms with Gasteiger partial charge < -0.3 is 9.67 Å². The minimum Gasteiger partial charge on any atom is -0.478 e. The molecule has 0 unspecified atom stereocenters. The maximum atomic E-state index is 13.6. The van der Waals surface area contributed by atoms with Gasteiger partial charge in [0.15, 0.2) is 0 Å². The fourth-order valence-corrected chi connectivity index (χ4v) is 2.26. The maximum absolute atomic E-state index is 13.6. The molecule has 1 aromatic carbocycles. The summed E-state index contributed by atoms with van der Waals surface area (Å²) in [5.41, 5.74) is 1.55. The van der Waals surface area contributed by atoms with E-state index in [1.807, 2.05) is 13.8 Å². The number of nitrogens with zero attached hydrogens (tertiary/aromatic N) is 1. The summed E-state index contributed by atoms with van der Waals surface area (Å²) in [7, 11) is 0. The highest BCUT2D eigenvalue weighted by atomic mass is 19.1. The lowest BCUT2D eigenvalue weighted by Gasteiger charge is -2.14. The predicted molar refractivity (Wildman–Crippen MR) is 71.0 cm³/mol. The van der Waals surface area contributed by atoms with Crippen LogP contribution in [0.15, 0.2) is 36.5 Å². The minimum atomic E-state index is -0.948. The molecule has 0 fully saturated rings. The van der Waals surface area contributed by atoms with E-state index in [0.717, 1.165) is 5.69 Å². The largest absolute Gasteiger partial charge is 0.478 e. The number of benzene rings is 1. The molecule has 1 aromatic heterocycles. The zero-order valence-electron chi connectivity index (χ0n) is 10.9. The summed E-state index contributed by atoms with van der Waals surface area (Å²) in [4.78, 5) is 11.2. The third-order valence-electron chi connectivity index (χ3n) is 3.08. The number of carboxylic acid groups (broad SMARTS) is 1. The molecule has 2 rings (SSSR count). The predicted octanol–water partition coefficient (Wildman–Crippen LogP) is 3.50. The van der Waals surface area contributed by atoms with E-state index < -0.39 is 5.97 Å². The van der Waals surface area contributed by atoms with E-state index in [-0.39, 0.29) is 17.3 Å². The fraction of sp³-hybridized carbons (Fsp3) is 0.267. The van der Waals surface area contributed by atoms with Gasteiger partial charge in [0.2, 0.25) is 0 Å². The van der Waals surface area contributed by atoms with Gasteiger partial charge in [0.1, 0.15) is 5.82 Å². The Morgan fingerprint density at radius 3 is 2.58 bits per heavy atom. The van der Waals surface area contributed by atoms with Gasteiger partial charge >= 0.3 is 5.97 Å². The first kappa shape index (κ1) is 13.3. The Kier molecular flexibility index (Phi) is 3.69. The van der Waals surface area contributed by atoms with Crippen LogP contribution in [0.2, 0.25) is 0 Å². The van der Waals surface area contributed by atoms with Crippen LogP contribution >= 0.6 is 0 Å². The van der Waals surface area contributed by atoms with E-state index >= 15 is 0 Å². The Labute approximate surface area is 111 Å². The van der Waals surface area contributed by atoms with Crippen molar-refractivity contribution in [2.24, 2.45) is 0 Å². The van der Waals surface area contributed by atoms with E-state index in [1.165, 1.54) is 6.07 Å². The molecule has 100 valence electrons. The average Bonchev–Trinajstić information content (AvgIpc) is 2.76. The van der Waals surface area contributed by atoms with Crippen molar-refractivity contribution in [3.05, 3.63) is 59.2 Å². The van der Waals surface area contributed by atoms with Crippen LogP contribution in [0.3, 0.4) is 0 Å². The highest BCUT2D eigenvalue weighted by molar-refractivity contribution is 5.89. The van der Waals surface area contributed by atoms with Crippen molar-refractivity contribution in [1.82, 2.24) is 4.57 Å². The zero-order chi connectivity index (χ0) is 14.0. The molecule has 0 amide bonds. The Hall–Kier alpha value is -2.10. The van der Waals surface area contributed by atoms with Crippen LogP contribution in [0.5, 0.6) is 0 Å². The third-order valence-corrected chi connectivity index (χ3v) is 3.08. The third kappa shape index (κ3) is 2.67. The van der Waals surface area contributed by atoms with Gasteiger partial charge in [-0.25, -0.2) is 9.18 Å². The molecule has 2 aromatic rings. The lowest BCUT2D eigenvalue weighted by atomic mass is 10.1. The number of carboxylic acids is 1. The molecule has 0 saturated carbocycles. The summed E-state index contributed by atoms with van der Waals surface area (Å²) >= 11 is 0. The van der Waals surface area contributed by atoms with Gasteiger partial charge in [-0.1, -0.05) is 32.0 Å². The first-order valence-electron chi connectivity index (χ1n) is 6.16. The van der Waals surface area contributed by atoms with Crippen molar-refractivity contribution in [3.63, 3.8) is 0 Å². The Morgan fingerprint density at radius 2 is 2.00 bits per heavy atom. The first-order valence-corrected chi connectivity index (χ1v) is 6.16. The first-order chi connectivity index (χ1) is 9.00. The summed E-state index contributed by atoms with van der Waals surface area (Å²) in [6, 6.07) is 8.10. The number of halogens is 1. The second-order valence-electron chi connectivity index (χ2n) is 4.79. The quantitative estimate of drug-likeness (QED) is 0.915. The van der Waals surface area contributed by atoms with E-state index in [9.17, 15) is 9.18 Å². The molecule has 0 spiro atoms. The second kappa shape index (κ2) is 5.26. The van der Waals surface area contributed by atoms with Crippen LogP contribution in [0.4, 0.5) is 4.39 Å². The molecule has 0 aliphatic heterocycles. The molecule has 1 heterocycles. The molecule has 0 aliphatic carbocycles. The summed E-state index contributed by atoms with van der Waals surface area (Å²) < 4.78 is 15.4. The Bertz CT molecular complexity index is 602. The molecule has 0 aliphatic rings. The maximum Gasteiger partial charge on any atom is 0.337 e. The summed E-state index contributed by atoms with van der Waals surface area (Å²) in [5, 5.41) is 9.16. The van der Waals surface area contributed by atoms with Crippen LogP contribution in [-0.2, 0) is 6.54 Å².